The van der Waals surface area contributed by atoms with Gasteiger partial charge >= 0.3 is 0 Å². The number of phenols is 1. The zero-order valence-electron chi connectivity index (χ0n) is 12.2. The molecule has 0 fully saturated rings. The number of rotatable bonds is 4. The minimum atomic E-state index is 0.0717. The van der Waals surface area contributed by atoms with Gasteiger partial charge in [0.15, 0.2) is 11.5 Å². The molecule has 0 spiro atoms. The summed E-state index contributed by atoms with van der Waals surface area (Å²) in [4.78, 5) is 0. The van der Waals surface area contributed by atoms with Crippen LogP contribution in [0.15, 0.2) is 48.7 Å². The van der Waals surface area contributed by atoms with E-state index in [2.05, 4.69) is 10.3 Å². The van der Waals surface area contributed by atoms with Crippen LogP contribution in [0, 0.1) is 0 Å². The Labute approximate surface area is 127 Å². The Bertz CT molecular complexity index is 782. The van der Waals surface area contributed by atoms with Crippen molar-refractivity contribution in [3.05, 3.63) is 48.7 Å². The first-order valence-corrected chi connectivity index (χ1v) is 6.65. The topological polar surface area (TPSA) is 69.4 Å². The Kier molecular flexibility index (Phi) is 3.65. The molecule has 1 heterocycles. The number of aromatic nitrogens is 3. The minimum Gasteiger partial charge on any atom is -0.504 e. The van der Waals surface area contributed by atoms with Crippen LogP contribution in [0.5, 0.6) is 17.2 Å². The van der Waals surface area contributed by atoms with Crippen molar-refractivity contribution in [2.75, 3.05) is 14.2 Å². The second-order valence-electron chi connectivity index (χ2n) is 4.62. The maximum absolute atomic E-state index is 9.93. The molecular formula is C16H15N3O3. The first-order valence-electron chi connectivity index (χ1n) is 6.65. The van der Waals surface area contributed by atoms with Gasteiger partial charge in [0.25, 0.3) is 0 Å². The van der Waals surface area contributed by atoms with Crippen molar-refractivity contribution in [1.29, 1.82) is 0 Å². The van der Waals surface area contributed by atoms with Crippen LogP contribution in [0.2, 0.25) is 0 Å². The normalized spacial score (nSPS) is 10.5. The van der Waals surface area contributed by atoms with Crippen LogP contribution in [-0.4, -0.2) is 34.3 Å². The molecule has 0 aliphatic carbocycles. The summed E-state index contributed by atoms with van der Waals surface area (Å²) in [6, 6.07) is 12.7. The van der Waals surface area contributed by atoms with Crippen LogP contribution in [0.1, 0.15) is 0 Å². The van der Waals surface area contributed by atoms with E-state index >= 15 is 0 Å². The third kappa shape index (κ3) is 2.46. The molecule has 22 heavy (non-hydrogen) atoms. The predicted octanol–water partition coefficient (Wildman–Crippen LogP) is 2.66. The van der Waals surface area contributed by atoms with E-state index in [9.17, 15) is 5.11 Å². The Balaban J connectivity index is 2.02. The van der Waals surface area contributed by atoms with Crippen LogP contribution in [0.4, 0.5) is 0 Å². The number of aromatic hydroxyl groups is 1. The Morgan fingerprint density at radius 3 is 2.41 bits per heavy atom. The third-order valence-corrected chi connectivity index (χ3v) is 3.34. The largest absolute Gasteiger partial charge is 0.504 e. The summed E-state index contributed by atoms with van der Waals surface area (Å²) in [5.41, 5.74) is 2.41. The number of hydrogen-bond acceptors (Lipinski definition) is 5. The van der Waals surface area contributed by atoms with Crippen molar-refractivity contribution >= 4 is 0 Å². The Morgan fingerprint density at radius 1 is 1.00 bits per heavy atom. The highest BCUT2D eigenvalue weighted by molar-refractivity contribution is 5.65. The number of ether oxygens (including phenoxy) is 2. The molecule has 0 atom stereocenters. The molecule has 3 aromatic rings. The van der Waals surface area contributed by atoms with Crippen LogP contribution < -0.4 is 9.47 Å². The molecule has 2 aromatic carbocycles. The van der Waals surface area contributed by atoms with E-state index in [1.165, 1.54) is 7.11 Å². The molecule has 0 unspecified atom stereocenters. The minimum absolute atomic E-state index is 0.0717. The van der Waals surface area contributed by atoms with Gasteiger partial charge in [0.2, 0.25) is 0 Å². The smallest absolute Gasteiger partial charge is 0.160 e. The Morgan fingerprint density at radius 2 is 1.77 bits per heavy atom. The van der Waals surface area contributed by atoms with Crippen LogP contribution >= 0.6 is 0 Å². The number of hydrogen-bond donors (Lipinski definition) is 1. The first kappa shape index (κ1) is 13.9. The molecule has 0 aliphatic heterocycles. The summed E-state index contributed by atoms with van der Waals surface area (Å²) in [7, 11) is 3.13. The fourth-order valence-electron chi connectivity index (χ4n) is 2.20. The van der Waals surface area contributed by atoms with Crippen molar-refractivity contribution in [2.45, 2.75) is 0 Å². The van der Waals surface area contributed by atoms with Crippen molar-refractivity contribution < 1.29 is 14.6 Å². The van der Waals surface area contributed by atoms with Gasteiger partial charge in [-0.2, -0.15) is 0 Å². The van der Waals surface area contributed by atoms with Gasteiger partial charge in [-0.05, 0) is 42.5 Å². The molecule has 112 valence electrons. The maximum Gasteiger partial charge on any atom is 0.160 e. The number of benzene rings is 2. The van der Waals surface area contributed by atoms with Gasteiger partial charge < -0.3 is 14.6 Å². The fourth-order valence-corrected chi connectivity index (χ4v) is 2.20. The van der Waals surface area contributed by atoms with Crippen molar-refractivity contribution in [3.63, 3.8) is 0 Å². The zero-order chi connectivity index (χ0) is 15.5. The zero-order valence-corrected chi connectivity index (χ0v) is 12.2. The first-order chi connectivity index (χ1) is 10.7. The lowest BCUT2D eigenvalue weighted by Crippen LogP contribution is -1.99. The number of phenolic OH excluding ortho intramolecular Hbond substituents is 1. The summed E-state index contributed by atoms with van der Waals surface area (Å²) in [6.07, 6.45) is 1.64. The average Bonchev–Trinajstić information content (AvgIpc) is 3.04. The second-order valence-corrected chi connectivity index (χ2v) is 4.62. The highest BCUT2D eigenvalue weighted by Gasteiger charge is 2.11. The maximum atomic E-state index is 9.93. The molecule has 6 nitrogen and oxygen atoms in total. The van der Waals surface area contributed by atoms with Gasteiger partial charge in [0, 0.05) is 5.56 Å². The van der Waals surface area contributed by atoms with Gasteiger partial charge in [-0.3, -0.25) is 0 Å². The molecular weight excluding hydrogens is 282 g/mol. The molecule has 0 saturated heterocycles. The van der Waals surface area contributed by atoms with Crippen LogP contribution in [0.25, 0.3) is 16.9 Å². The second kappa shape index (κ2) is 5.77. The van der Waals surface area contributed by atoms with E-state index in [1.807, 2.05) is 30.3 Å². The highest BCUT2D eigenvalue weighted by Crippen LogP contribution is 2.31. The lowest BCUT2D eigenvalue weighted by atomic mass is 10.1. The molecule has 1 N–H and O–H groups in total. The SMILES string of the molecule is COc1ccc(-n2nncc2-c2ccc(OC)c(O)c2)cc1. The molecule has 3 rings (SSSR count). The van der Waals surface area contributed by atoms with Crippen molar-refractivity contribution in [3.8, 4) is 34.2 Å². The monoisotopic (exact) mass is 297 g/mol. The molecule has 0 aliphatic rings. The highest BCUT2D eigenvalue weighted by atomic mass is 16.5. The fraction of sp³-hybridized carbons (Fsp3) is 0.125. The number of nitrogens with zero attached hydrogens (tertiary/aromatic N) is 3. The summed E-state index contributed by atoms with van der Waals surface area (Å²) in [5.74, 6) is 1.27. The molecule has 0 bridgehead atoms. The van der Waals surface area contributed by atoms with Gasteiger partial charge in [-0.1, -0.05) is 5.21 Å². The lowest BCUT2D eigenvalue weighted by molar-refractivity contribution is 0.373. The summed E-state index contributed by atoms with van der Waals surface area (Å²) >= 11 is 0. The van der Waals surface area contributed by atoms with E-state index in [0.29, 0.717) is 5.75 Å². The van der Waals surface area contributed by atoms with Crippen molar-refractivity contribution in [1.82, 2.24) is 15.0 Å². The summed E-state index contributed by atoms with van der Waals surface area (Å²) in [6.45, 7) is 0. The summed E-state index contributed by atoms with van der Waals surface area (Å²) < 4.78 is 11.9. The molecule has 6 heteroatoms. The van der Waals surface area contributed by atoms with E-state index in [-0.39, 0.29) is 5.75 Å². The standard InChI is InChI=1S/C16H15N3O3/c1-21-13-6-4-12(5-7-13)19-14(10-17-18-19)11-3-8-16(22-2)15(20)9-11/h3-10,20H,1-2H3. The van der Waals surface area contributed by atoms with E-state index < -0.39 is 0 Å². The van der Waals surface area contributed by atoms with Crippen LogP contribution in [-0.2, 0) is 0 Å². The van der Waals surface area contributed by atoms with E-state index in [4.69, 9.17) is 9.47 Å². The van der Waals surface area contributed by atoms with Gasteiger partial charge in [-0.25, -0.2) is 4.68 Å². The van der Waals surface area contributed by atoms with Gasteiger partial charge in [0.05, 0.1) is 31.8 Å². The molecule has 1 aromatic heterocycles. The molecule has 0 saturated carbocycles. The van der Waals surface area contributed by atoms with Crippen molar-refractivity contribution in [2.24, 2.45) is 0 Å². The lowest BCUT2D eigenvalue weighted by Gasteiger charge is -2.09. The van der Waals surface area contributed by atoms with Gasteiger partial charge in [0.1, 0.15) is 5.75 Å². The van der Waals surface area contributed by atoms with E-state index in [1.54, 1.807) is 30.1 Å². The predicted molar refractivity (Wildman–Crippen MR) is 81.6 cm³/mol. The van der Waals surface area contributed by atoms with E-state index in [0.717, 1.165) is 22.7 Å². The molecule has 0 radical (unpaired) electrons. The molecule has 0 amide bonds. The summed E-state index contributed by atoms with van der Waals surface area (Å²) in [5, 5.41) is 18.0. The average molecular weight is 297 g/mol. The quantitative estimate of drug-likeness (QED) is 0.801. The number of methoxy groups -OCH3 is 2. The Hall–Kier alpha value is -3.02. The van der Waals surface area contributed by atoms with Crippen LogP contribution in [0.3, 0.4) is 0 Å². The third-order valence-electron chi connectivity index (χ3n) is 3.34. The van der Waals surface area contributed by atoms with Gasteiger partial charge in [-0.15, -0.1) is 5.10 Å².